The van der Waals surface area contributed by atoms with Crippen LogP contribution in [0.3, 0.4) is 0 Å². The lowest BCUT2D eigenvalue weighted by Gasteiger charge is -2.12. The normalized spacial score (nSPS) is 13.2. The van der Waals surface area contributed by atoms with Gasteiger partial charge in [0.2, 0.25) is 0 Å². The van der Waals surface area contributed by atoms with Crippen molar-refractivity contribution in [2.45, 2.75) is 33.4 Å². The van der Waals surface area contributed by atoms with Gasteiger partial charge in [0.05, 0.1) is 11.4 Å². The Morgan fingerprint density at radius 2 is 2.21 bits per heavy atom. The number of nitrogens with one attached hydrogen (secondary N) is 1. The highest BCUT2D eigenvalue weighted by atomic mass is 32.1. The summed E-state index contributed by atoms with van der Waals surface area (Å²) in [4.78, 5) is 8.40. The number of fused-ring (bicyclic) bond motifs is 1. The van der Waals surface area contributed by atoms with Crippen molar-refractivity contribution in [2.24, 2.45) is 0 Å². The minimum absolute atomic E-state index is 0.377. The number of thiophene rings is 1. The first-order valence-electron chi connectivity index (χ1n) is 6.36. The molecule has 0 aliphatic heterocycles. The molecule has 100 valence electrons. The first-order chi connectivity index (χ1) is 9.15. The average Bonchev–Trinajstić information content (AvgIpc) is 3.03. The largest absolute Gasteiger partial charge is 0.304 e. The highest BCUT2D eigenvalue weighted by molar-refractivity contribution is 7.15. The second-order valence-corrected chi connectivity index (χ2v) is 6.94. The lowest BCUT2D eigenvalue weighted by molar-refractivity contribution is 0.572. The zero-order chi connectivity index (χ0) is 13.4. The predicted octanol–water partition coefficient (Wildman–Crippen LogP) is 3.92. The second-order valence-electron chi connectivity index (χ2n) is 4.75. The minimum atomic E-state index is 0.377. The fourth-order valence-corrected chi connectivity index (χ4v) is 3.87. The van der Waals surface area contributed by atoms with E-state index in [9.17, 15) is 0 Å². The molecule has 3 nitrogen and oxygen atoms in total. The number of hydrogen-bond acceptors (Lipinski definition) is 4. The van der Waals surface area contributed by atoms with Crippen LogP contribution >= 0.6 is 22.7 Å². The van der Waals surface area contributed by atoms with E-state index in [0.29, 0.717) is 6.04 Å². The Hall–Kier alpha value is -1.17. The van der Waals surface area contributed by atoms with Gasteiger partial charge in [-0.3, -0.25) is 4.40 Å². The lowest BCUT2D eigenvalue weighted by Crippen LogP contribution is -2.18. The molecule has 0 amide bonds. The van der Waals surface area contributed by atoms with E-state index in [2.05, 4.69) is 59.2 Å². The third-order valence-corrected chi connectivity index (χ3v) is 5.26. The quantitative estimate of drug-likeness (QED) is 0.789. The van der Waals surface area contributed by atoms with E-state index in [0.717, 1.165) is 17.2 Å². The van der Waals surface area contributed by atoms with Gasteiger partial charge in [-0.1, -0.05) is 0 Å². The average molecular weight is 291 g/mol. The number of rotatable bonds is 4. The third kappa shape index (κ3) is 2.45. The van der Waals surface area contributed by atoms with Crippen molar-refractivity contribution < 1.29 is 0 Å². The van der Waals surface area contributed by atoms with Gasteiger partial charge in [0, 0.05) is 33.9 Å². The van der Waals surface area contributed by atoms with E-state index >= 15 is 0 Å². The van der Waals surface area contributed by atoms with Crippen LogP contribution in [0.5, 0.6) is 0 Å². The molecule has 3 aromatic heterocycles. The van der Waals surface area contributed by atoms with Gasteiger partial charge in [0.25, 0.3) is 0 Å². The summed E-state index contributed by atoms with van der Waals surface area (Å²) in [5.41, 5.74) is 2.38. The molecule has 19 heavy (non-hydrogen) atoms. The summed E-state index contributed by atoms with van der Waals surface area (Å²) in [5.74, 6) is 0. The monoisotopic (exact) mass is 291 g/mol. The molecule has 0 bridgehead atoms. The Morgan fingerprint density at radius 3 is 2.95 bits per heavy atom. The van der Waals surface area contributed by atoms with E-state index in [1.165, 1.54) is 15.4 Å². The van der Waals surface area contributed by atoms with Crippen LogP contribution in [0.1, 0.15) is 34.1 Å². The molecule has 0 saturated heterocycles. The summed E-state index contributed by atoms with van der Waals surface area (Å²) >= 11 is 3.54. The highest BCUT2D eigenvalue weighted by Crippen LogP contribution is 2.23. The molecule has 0 spiro atoms. The smallest absolute Gasteiger partial charge is 0.194 e. The number of hydrogen-bond donors (Lipinski definition) is 1. The van der Waals surface area contributed by atoms with E-state index in [1.807, 2.05) is 11.3 Å². The Labute approximate surface area is 120 Å². The van der Waals surface area contributed by atoms with Crippen LogP contribution in [0.2, 0.25) is 0 Å². The maximum atomic E-state index is 4.57. The molecule has 0 aliphatic carbocycles. The topological polar surface area (TPSA) is 29.3 Å². The van der Waals surface area contributed by atoms with Crippen molar-refractivity contribution in [3.8, 4) is 0 Å². The van der Waals surface area contributed by atoms with Gasteiger partial charge in [-0.2, -0.15) is 0 Å². The second kappa shape index (κ2) is 5.07. The Bertz CT molecular complexity index is 692. The van der Waals surface area contributed by atoms with Crippen molar-refractivity contribution >= 4 is 27.6 Å². The maximum absolute atomic E-state index is 4.57. The fourth-order valence-electron chi connectivity index (χ4n) is 2.19. The van der Waals surface area contributed by atoms with Gasteiger partial charge in [0.15, 0.2) is 4.96 Å². The van der Waals surface area contributed by atoms with Gasteiger partial charge in [-0.25, -0.2) is 4.98 Å². The molecule has 0 fully saturated rings. The molecular formula is C14H17N3S2. The zero-order valence-electron chi connectivity index (χ0n) is 11.3. The van der Waals surface area contributed by atoms with Crippen LogP contribution in [-0.4, -0.2) is 9.38 Å². The Kier molecular flexibility index (Phi) is 3.43. The van der Waals surface area contributed by atoms with Crippen molar-refractivity contribution in [3.63, 3.8) is 0 Å². The van der Waals surface area contributed by atoms with Gasteiger partial charge >= 0.3 is 0 Å². The van der Waals surface area contributed by atoms with Gasteiger partial charge in [-0.15, -0.1) is 22.7 Å². The zero-order valence-corrected chi connectivity index (χ0v) is 12.9. The molecule has 5 heteroatoms. The van der Waals surface area contributed by atoms with Crippen molar-refractivity contribution in [3.05, 3.63) is 44.9 Å². The number of thiazole rings is 1. The number of imidazole rings is 1. The van der Waals surface area contributed by atoms with Crippen LogP contribution < -0.4 is 5.32 Å². The summed E-state index contributed by atoms with van der Waals surface area (Å²) in [7, 11) is 0. The Balaban J connectivity index is 1.75. The number of aryl methyl sites for hydroxylation is 2. The molecule has 3 heterocycles. The first-order valence-corrected chi connectivity index (χ1v) is 8.05. The van der Waals surface area contributed by atoms with Crippen LogP contribution in [0.25, 0.3) is 4.96 Å². The predicted molar refractivity (Wildman–Crippen MR) is 82.1 cm³/mol. The summed E-state index contributed by atoms with van der Waals surface area (Å²) in [5, 5.41) is 5.67. The number of nitrogens with zero attached hydrogens (tertiary/aromatic N) is 2. The van der Waals surface area contributed by atoms with Crippen LogP contribution in [0.4, 0.5) is 0 Å². The van der Waals surface area contributed by atoms with E-state index in [4.69, 9.17) is 0 Å². The summed E-state index contributed by atoms with van der Waals surface area (Å²) in [6, 6.07) is 4.77. The molecule has 0 aliphatic rings. The fraction of sp³-hybridized carbons (Fsp3) is 0.357. The summed E-state index contributed by atoms with van der Waals surface area (Å²) in [6.45, 7) is 7.29. The van der Waals surface area contributed by atoms with E-state index in [-0.39, 0.29) is 0 Å². The van der Waals surface area contributed by atoms with Crippen molar-refractivity contribution in [1.82, 2.24) is 14.7 Å². The van der Waals surface area contributed by atoms with Crippen LogP contribution in [0, 0.1) is 13.8 Å². The number of aromatic nitrogens is 2. The maximum Gasteiger partial charge on any atom is 0.194 e. The van der Waals surface area contributed by atoms with E-state index in [1.54, 1.807) is 11.3 Å². The van der Waals surface area contributed by atoms with Crippen molar-refractivity contribution in [1.29, 1.82) is 0 Å². The van der Waals surface area contributed by atoms with Gasteiger partial charge in [0.1, 0.15) is 0 Å². The molecular weight excluding hydrogens is 274 g/mol. The summed E-state index contributed by atoms with van der Waals surface area (Å²) in [6.07, 6.45) is 2.09. The third-order valence-electron chi connectivity index (χ3n) is 3.32. The summed E-state index contributed by atoms with van der Waals surface area (Å²) < 4.78 is 2.18. The molecule has 1 unspecified atom stereocenters. The molecule has 3 rings (SSSR count). The molecule has 0 aromatic carbocycles. The molecule has 3 aromatic rings. The van der Waals surface area contributed by atoms with Gasteiger partial charge < -0.3 is 5.32 Å². The van der Waals surface area contributed by atoms with Gasteiger partial charge in [-0.05, 0) is 32.9 Å². The lowest BCUT2D eigenvalue weighted by atomic mass is 10.2. The molecule has 1 N–H and O–H groups in total. The van der Waals surface area contributed by atoms with Crippen LogP contribution in [-0.2, 0) is 6.54 Å². The SMILES string of the molecule is Cc1ccc(C(C)NCc2c(C)nc3sccn23)s1. The molecule has 1 atom stereocenters. The minimum Gasteiger partial charge on any atom is -0.304 e. The first kappa shape index (κ1) is 12.8. The van der Waals surface area contributed by atoms with Crippen LogP contribution in [0.15, 0.2) is 23.7 Å². The van der Waals surface area contributed by atoms with Crippen molar-refractivity contribution in [2.75, 3.05) is 0 Å². The Morgan fingerprint density at radius 1 is 1.37 bits per heavy atom. The standard InChI is InChI=1S/C14H17N3S2/c1-9-4-5-13(19-9)11(3)15-8-12-10(2)16-14-17(12)6-7-18-14/h4-7,11,15H,8H2,1-3H3. The highest BCUT2D eigenvalue weighted by Gasteiger charge is 2.12. The van der Waals surface area contributed by atoms with E-state index < -0.39 is 0 Å². The molecule has 0 saturated carbocycles. The molecule has 0 radical (unpaired) electrons.